The second kappa shape index (κ2) is 6.50. The topological polar surface area (TPSA) is 72.8 Å². The second-order valence-electron chi connectivity index (χ2n) is 5.74. The van der Waals surface area contributed by atoms with Gasteiger partial charge in [-0.1, -0.05) is 0 Å². The summed E-state index contributed by atoms with van der Waals surface area (Å²) in [7, 11) is 0. The molecule has 104 valence electrons. The molecule has 2 atom stereocenters. The molecule has 2 unspecified atom stereocenters. The van der Waals surface area contributed by atoms with Gasteiger partial charge in [0.1, 0.15) is 0 Å². The lowest BCUT2D eigenvalue weighted by atomic mass is 9.91. The van der Waals surface area contributed by atoms with E-state index in [0.29, 0.717) is 12.6 Å². The average Bonchev–Trinajstić information content (AvgIpc) is 3.09. The van der Waals surface area contributed by atoms with Gasteiger partial charge >= 0.3 is 5.97 Å². The van der Waals surface area contributed by atoms with Crippen LogP contribution in [0.5, 0.6) is 0 Å². The number of aliphatic hydroxyl groups excluding tert-OH is 1. The van der Waals surface area contributed by atoms with E-state index in [2.05, 4.69) is 10.2 Å². The maximum absolute atomic E-state index is 10.9. The molecule has 18 heavy (non-hydrogen) atoms. The number of carboxylic acids is 1. The number of carbonyl (C=O) groups is 1. The van der Waals surface area contributed by atoms with Crippen molar-refractivity contribution in [3.8, 4) is 0 Å². The van der Waals surface area contributed by atoms with Gasteiger partial charge in [0.25, 0.3) is 0 Å². The van der Waals surface area contributed by atoms with Gasteiger partial charge in [-0.3, -0.25) is 4.79 Å². The molecule has 3 N–H and O–H groups in total. The molecule has 0 aromatic heterocycles. The number of aliphatic hydroxyl groups is 1. The number of carboxylic acid groups (broad SMARTS) is 1. The fraction of sp³-hybridized carbons (Fsp3) is 0.923. The first-order valence-corrected chi connectivity index (χ1v) is 6.95. The van der Waals surface area contributed by atoms with Crippen molar-refractivity contribution >= 4 is 5.97 Å². The number of aliphatic carboxylic acids is 1. The zero-order valence-electron chi connectivity index (χ0n) is 10.8. The number of nitrogens with zero attached hydrogens (tertiary/aromatic N) is 1. The third kappa shape index (κ3) is 4.55. The van der Waals surface area contributed by atoms with Crippen molar-refractivity contribution in [3.05, 3.63) is 0 Å². The van der Waals surface area contributed by atoms with Gasteiger partial charge in [-0.15, -0.1) is 0 Å². The van der Waals surface area contributed by atoms with Crippen LogP contribution in [-0.4, -0.2) is 59.9 Å². The van der Waals surface area contributed by atoms with Crippen LogP contribution in [0.1, 0.15) is 25.7 Å². The van der Waals surface area contributed by atoms with Crippen LogP contribution >= 0.6 is 0 Å². The summed E-state index contributed by atoms with van der Waals surface area (Å²) in [5.41, 5.74) is 0. The first-order chi connectivity index (χ1) is 8.67. The number of likely N-dealkylation sites (tertiary alicyclic amines) is 1. The standard InChI is InChI=1S/C13H24N2O3/c16-4-3-14-12-5-11(6-13(17)18)8-15(9-12)7-10-1-2-10/h10-12,14,16H,1-9H2,(H,17,18). The highest BCUT2D eigenvalue weighted by Crippen LogP contribution is 2.31. The summed E-state index contributed by atoms with van der Waals surface area (Å²) in [6, 6.07) is 0.328. The Kier molecular flexibility index (Phi) is 4.97. The van der Waals surface area contributed by atoms with Crippen LogP contribution in [0.4, 0.5) is 0 Å². The molecule has 2 rings (SSSR count). The Morgan fingerprint density at radius 3 is 2.67 bits per heavy atom. The number of piperidine rings is 1. The van der Waals surface area contributed by atoms with E-state index in [1.54, 1.807) is 0 Å². The summed E-state index contributed by atoms with van der Waals surface area (Å²) in [5, 5.41) is 21.1. The maximum atomic E-state index is 10.9. The predicted molar refractivity (Wildman–Crippen MR) is 68.4 cm³/mol. The fourth-order valence-electron chi connectivity index (χ4n) is 2.93. The molecule has 0 aromatic carbocycles. The number of rotatable bonds is 7. The zero-order valence-corrected chi connectivity index (χ0v) is 10.8. The summed E-state index contributed by atoms with van der Waals surface area (Å²) in [6.45, 7) is 3.77. The molecule has 1 saturated heterocycles. The van der Waals surface area contributed by atoms with Crippen molar-refractivity contribution in [1.82, 2.24) is 10.2 Å². The summed E-state index contributed by atoms with van der Waals surface area (Å²) in [6.07, 6.45) is 3.83. The molecule has 1 heterocycles. The molecule has 2 aliphatic rings. The summed E-state index contributed by atoms with van der Waals surface area (Å²) in [5.74, 6) is 0.382. The minimum Gasteiger partial charge on any atom is -0.481 e. The molecule has 1 aliphatic carbocycles. The Morgan fingerprint density at radius 2 is 2.06 bits per heavy atom. The van der Waals surface area contributed by atoms with E-state index in [0.717, 1.165) is 32.0 Å². The molecular formula is C13H24N2O3. The van der Waals surface area contributed by atoms with E-state index >= 15 is 0 Å². The Balaban J connectivity index is 1.84. The molecule has 1 saturated carbocycles. The van der Waals surface area contributed by atoms with Crippen LogP contribution in [-0.2, 0) is 4.79 Å². The highest BCUT2D eigenvalue weighted by molar-refractivity contribution is 5.67. The van der Waals surface area contributed by atoms with Crippen LogP contribution in [0.3, 0.4) is 0 Å². The van der Waals surface area contributed by atoms with Gasteiger partial charge in [0.05, 0.1) is 6.61 Å². The monoisotopic (exact) mass is 256 g/mol. The van der Waals surface area contributed by atoms with Crippen molar-refractivity contribution in [3.63, 3.8) is 0 Å². The van der Waals surface area contributed by atoms with Crippen LogP contribution in [0.2, 0.25) is 0 Å². The van der Waals surface area contributed by atoms with Gasteiger partial charge in [0.15, 0.2) is 0 Å². The molecule has 1 aliphatic heterocycles. The van der Waals surface area contributed by atoms with Crippen LogP contribution in [0.15, 0.2) is 0 Å². The van der Waals surface area contributed by atoms with Crippen molar-refractivity contribution in [1.29, 1.82) is 0 Å². The van der Waals surface area contributed by atoms with Crippen molar-refractivity contribution in [2.45, 2.75) is 31.7 Å². The number of hydrogen-bond acceptors (Lipinski definition) is 4. The third-order valence-corrected chi connectivity index (χ3v) is 3.83. The van der Waals surface area contributed by atoms with E-state index in [9.17, 15) is 4.79 Å². The van der Waals surface area contributed by atoms with Gasteiger partial charge in [-0.2, -0.15) is 0 Å². The first-order valence-electron chi connectivity index (χ1n) is 6.95. The van der Waals surface area contributed by atoms with Crippen molar-refractivity contribution in [2.75, 3.05) is 32.8 Å². The fourth-order valence-corrected chi connectivity index (χ4v) is 2.93. The molecule has 0 aromatic rings. The Hall–Kier alpha value is -0.650. The second-order valence-corrected chi connectivity index (χ2v) is 5.74. The highest BCUT2D eigenvalue weighted by atomic mass is 16.4. The Morgan fingerprint density at radius 1 is 1.28 bits per heavy atom. The summed E-state index contributed by atoms with van der Waals surface area (Å²) < 4.78 is 0. The Bertz CT molecular complexity index is 281. The van der Waals surface area contributed by atoms with E-state index < -0.39 is 5.97 Å². The van der Waals surface area contributed by atoms with Gasteiger partial charge in [0, 0.05) is 38.6 Å². The molecule has 0 spiro atoms. The van der Waals surface area contributed by atoms with Gasteiger partial charge in [0.2, 0.25) is 0 Å². The number of hydrogen-bond donors (Lipinski definition) is 3. The van der Waals surface area contributed by atoms with E-state index in [4.69, 9.17) is 10.2 Å². The minimum absolute atomic E-state index is 0.142. The van der Waals surface area contributed by atoms with E-state index in [1.165, 1.54) is 12.8 Å². The van der Waals surface area contributed by atoms with Gasteiger partial charge < -0.3 is 20.4 Å². The highest BCUT2D eigenvalue weighted by Gasteiger charge is 2.32. The van der Waals surface area contributed by atoms with Gasteiger partial charge in [-0.05, 0) is 31.1 Å². The average molecular weight is 256 g/mol. The van der Waals surface area contributed by atoms with Gasteiger partial charge in [-0.25, -0.2) is 0 Å². The zero-order chi connectivity index (χ0) is 13.0. The molecule has 2 fully saturated rings. The third-order valence-electron chi connectivity index (χ3n) is 3.83. The maximum Gasteiger partial charge on any atom is 0.303 e. The SMILES string of the molecule is O=C(O)CC1CC(NCCO)CN(CC2CC2)C1. The lowest BCUT2D eigenvalue weighted by Crippen LogP contribution is -2.50. The van der Waals surface area contributed by atoms with Crippen LogP contribution < -0.4 is 5.32 Å². The predicted octanol–water partition coefficient (Wildman–Crippen LogP) is 0.144. The smallest absolute Gasteiger partial charge is 0.303 e. The van der Waals surface area contributed by atoms with E-state index in [-0.39, 0.29) is 18.9 Å². The largest absolute Gasteiger partial charge is 0.481 e. The molecule has 0 radical (unpaired) electrons. The molecule has 5 nitrogen and oxygen atoms in total. The quantitative estimate of drug-likeness (QED) is 0.604. The van der Waals surface area contributed by atoms with Crippen LogP contribution in [0, 0.1) is 11.8 Å². The lowest BCUT2D eigenvalue weighted by Gasteiger charge is -2.38. The normalized spacial score (nSPS) is 29.4. The van der Waals surface area contributed by atoms with Crippen molar-refractivity contribution < 1.29 is 15.0 Å². The lowest BCUT2D eigenvalue weighted by molar-refractivity contribution is -0.138. The van der Waals surface area contributed by atoms with Crippen LogP contribution in [0.25, 0.3) is 0 Å². The Labute approximate surface area is 108 Å². The molecule has 0 amide bonds. The number of nitrogens with one attached hydrogen (secondary N) is 1. The van der Waals surface area contributed by atoms with Crippen molar-refractivity contribution in [2.24, 2.45) is 11.8 Å². The first kappa shape index (κ1) is 13.8. The summed E-state index contributed by atoms with van der Waals surface area (Å²) >= 11 is 0. The molecule has 0 bridgehead atoms. The minimum atomic E-state index is -0.700. The van der Waals surface area contributed by atoms with E-state index in [1.807, 2.05) is 0 Å². The summed E-state index contributed by atoms with van der Waals surface area (Å²) in [4.78, 5) is 13.3. The molecular weight excluding hydrogens is 232 g/mol. The molecule has 5 heteroatoms.